The summed E-state index contributed by atoms with van der Waals surface area (Å²) in [5, 5.41) is 9.16. The van der Waals surface area contributed by atoms with E-state index in [0.717, 1.165) is 28.2 Å². The first kappa shape index (κ1) is 15.4. The van der Waals surface area contributed by atoms with Crippen molar-refractivity contribution in [1.82, 2.24) is 0 Å². The molecule has 0 spiro atoms. The lowest BCUT2D eigenvalue weighted by molar-refractivity contribution is 0.425. The minimum absolute atomic E-state index is 0.676. The number of nitrogens with zero attached hydrogens (tertiary/aromatic N) is 1. The molecule has 0 saturated heterocycles. The highest BCUT2D eigenvalue weighted by atomic mass is 16.5. The van der Waals surface area contributed by atoms with Crippen molar-refractivity contribution < 1.29 is 4.74 Å². The van der Waals surface area contributed by atoms with Crippen LogP contribution in [0.15, 0.2) is 35.1 Å². The van der Waals surface area contributed by atoms with Gasteiger partial charge >= 0.3 is 0 Å². The third-order valence-corrected chi connectivity index (χ3v) is 4.18. The Morgan fingerprint density at radius 1 is 1.24 bits per heavy atom. The minimum Gasteiger partial charge on any atom is -0.457 e. The third kappa shape index (κ3) is 3.36. The Balaban J connectivity index is 2.39. The lowest BCUT2D eigenvalue weighted by Crippen LogP contribution is -2.03. The summed E-state index contributed by atoms with van der Waals surface area (Å²) in [6, 6.07) is 6.16. The molecule has 1 aliphatic rings. The summed E-state index contributed by atoms with van der Waals surface area (Å²) in [5.74, 6) is 2.49. The topological polar surface area (TPSA) is 33.0 Å². The zero-order valence-corrected chi connectivity index (χ0v) is 13.6. The largest absolute Gasteiger partial charge is 0.457 e. The van der Waals surface area contributed by atoms with Crippen molar-refractivity contribution in [2.75, 3.05) is 0 Å². The molecule has 0 unspecified atom stereocenters. The van der Waals surface area contributed by atoms with Gasteiger partial charge in [0.25, 0.3) is 0 Å². The van der Waals surface area contributed by atoms with E-state index < -0.39 is 0 Å². The molecule has 0 N–H and O–H groups in total. The molecule has 1 aromatic carbocycles. The van der Waals surface area contributed by atoms with Crippen molar-refractivity contribution in [3.63, 3.8) is 0 Å². The van der Waals surface area contributed by atoms with E-state index in [9.17, 15) is 0 Å². The van der Waals surface area contributed by atoms with Gasteiger partial charge in [-0.05, 0) is 87.8 Å². The maximum Gasteiger partial charge on any atom is 0.129 e. The molecule has 110 valence electrons. The number of allylic oxidation sites excluding steroid dienone is 3. The Morgan fingerprint density at radius 2 is 1.81 bits per heavy atom. The number of benzene rings is 1. The molecule has 0 aliphatic heterocycles. The monoisotopic (exact) mass is 281 g/mol. The predicted octanol–water partition coefficient (Wildman–Crippen LogP) is 5.20. The number of hydrogen-bond donors (Lipinski definition) is 0. The van der Waals surface area contributed by atoms with E-state index in [1.807, 2.05) is 32.9 Å². The molecule has 1 aromatic rings. The zero-order chi connectivity index (χ0) is 15.6. The minimum atomic E-state index is 0.676. The second-order valence-corrected chi connectivity index (χ2v) is 5.90. The molecule has 0 heterocycles. The number of aryl methyl sites for hydroxylation is 2. The molecule has 0 atom stereocenters. The van der Waals surface area contributed by atoms with Gasteiger partial charge in [0.1, 0.15) is 11.5 Å². The van der Waals surface area contributed by atoms with Crippen molar-refractivity contribution in [1.29, 1.82) is 5.26 Å². The summed E-state index contributed by atoms with van der Waals surface area (Å²) in [7, 11) is 0. The molecule has 21 heavy (non-hydrogen) atoms. The highest BCUT2D eigenvalue weighted by molar-refractivity contribution is 5.49. The quantitative estimate of drug-likeness (QED) is 0.561. The smallest absolute Gasteiger partial charge is 0.129 e. The summed E-state index contributed by atoms with van der Waals surface area (Å²) < 4.78 is 6.19. The fourth-order valence-corrected chi connectivity index (χ4v) is 2.58. The van der Waals surface area contributed by atoms with E-state index in [1.165, 1.54) is 24.0 Å². The summed E-state index contributed by atoms with van der Waals surface area (Å²) in [5.41, 5.74) is 5.18. The average molecular weight is 281 g/mol. The van der Waals surface area contributed by atoms with Gasteiger partial charge in [-0.15, -0.1) is 0 Å². The molecular formula is C19H23NO. The molecule has 2 heteroatoms. The van der Waals surface area contributed by atoms with Gasteiger partial charge in [0.15, 0.2) is 0 Å². The van der Waals surface area contributed by atoms with Gasteiger partial charge in [0, 0.05) is 0 Å². The van der Waals surface area contributed by atoms with Crippen molar-refractivity contribution in [3.05, 3.63) is 51.8 Å². The standard InChI is InChI=1S/C19H23NO/c1-6-12(2)19(15(5)16-7-8-16)21-17-9-13(3)18(11-20)14(4)10-17/h6,9-10,16H,7-8H2,1-5H3/b12-6-,19-15-. The first-order chi connectivity index (χ1) is 9.97. The van der Waals surface area contributed by atoms with Crippen LogP contribution in [0.5, 0.6) is 5.75 Å². The molecule has 2 nitrogen and oxygen atoms in total. The molecule has 0 amide bonds. The predicted molar refractivity (Wildman–Crippen MR) is 86.1 cm³/mol. The van der Waals surface area contributed by atoms with Crippen LogP contribution in [-0.2, 0) is 0 Å². The number of rotatable bonds is 4. The van der Waals surface area contributed by atoms with Crippen molar-refractivity contribution in [2.24, 2.45) is 5.92 Å². The average Bonchev–Trinajstić information content (AvgIpc) is 3.27. The van der Waals surface area contributed by atoms with Crippen molar-refractivity contribution in [3.8, 4) is 11.8 Å². The second kappa shape index (κ2) is 6.18. The van der Waals surface area contributed by atoms with Crippen LogP contribution in [0, 0.1) is 31.1 Å². The first-order valence-corrected chi connectivity index (χ1v) is 7.51. The van der Waals surface area contributed by atoms with Crippen LogP contribution in [0.1, 0.15) is 50.3 Å². The maximum absolute atomic E-state index is 9.16. The fraction of sp³-hybridized carbons (Fsp3) is 0.421. The van der Waals surface area contributed by atoms with Gasteiger partial charge in [-0.25, -0.2) is 0 Å². The van der Waals surface area contributed by atoms with E-state index in [2.05, 4.69) is 26.0 Å². The molecule has 0 radical (unpaired) electrons. The highest BCUT2D eigenvalue weighted by Crippen LogP contribution is 2.39. The van der Waals surface area contributed by atoms with Crippen LogP contribution in [0.25, 0.3) is 0 Å². The first-order valence-electron chi connectivity index (χ1n) is 7.51. The molecule has 2 rings (SSSR count). The summed E-state index contributed by atoms with van der Waals surface area (Å²) in [4.78, 5) is 0. The Kier molecular flexibility index (Phi) is 4.53. The van der Waals surface area contributed by atoms with E-state index >= 15 is 0 Å². The Bertz CT molecular complexity index is 632. The number of ether oxygens (including phenoxy) is 1. The SMILES string of the molecule is C/C=C(C)\C(Oc1cc(C)c(C#N)c(C)c1)=C(/C)C1CC1. The molecule has 0 bridgehead atoms. The zero-order valence-electron chi connectivity index (χ0n) is 13.6. The number of hydrogen-bond acceptors (Lipinski definition) is 2. The van der Waals surface area contributed by atoms with Gasteiger partial charge in [-0.2, -0.15) is 5.26 Å². The number of nitriles is 1. The van der Waals surface area contributed by atoms with Crippen LogP contribution in [0.4, 0.5) is 0 Å². The van der Waals surface area contributed by atoms with Gasteiger partial charge in [0.2, 0.25) is 0 Å². The Labute approximate surface area is 127 Å². The van der Waals surface area contributed by atoms with Crippen LogP contribution < -0.4 is 4.74 Å². The van der Waals surface area contributed by atoms with Crippen LogP contribution in [0.2, 0.25) is 0 Å². The van der Waals surface area contributed by atoms with Crippen molar-refractivity contribution in [2.45, 2.75) is 47.5 Å². The van der Waals surface area contributed by atoms with Crippen LogP contribution in [-0.4, -0.2) is 0 Å². The summed E-state index contributed by atoms with van der Waals surface area (Å²) in [6.07, 6.45) is 4.62. The van der Waals surface area contributed by atoms with Crippen LogP contribution in [0.3, 0.4) is 0 Å². The molecule has 0 aromatic heterocycles. The van der Waals surface area contributed by atoms with E-state index in [4.69, 9.17) is 10.00 Å². The van der Waals surface area contributed by atoms with E-state index in [-0.39, 0.29) is 0 Å². The third-order valence-electron chi connectivity index (χ3n) is 4.18. The highest BCUT2D eigenvalue weighted by Gasteiger charge is 2.27. The van der Waals surface area contributed by atoms with Gasteiger partial charge in [-0.3, -0.25) is 0 Å². The van der Waals surface area contributed by atoms with Gasteiger partial charge in [0.05, 0.1) is 11.6 Å². The van der Waals surface area contributed by atoms with Gasteiger partial charge in [-0.1, -0.05) is 6.08 Å². The van der Waals surface area contributed by atoms with Gasteiger partial charge < -0.3 is 4.74 Å². The van der Waals surface area contributed by atoms with Crippen molar-refractivity contribution >= 4 is 0 Å². The maximum atomic E-state index is 9.16. The second-order valence-electron chi connectivity index (χ2n) is 5.90. The van der Waals surface area contributed by atoms with E-state index in [0.29, 0.717) is 5.92 Å². The molecule has 1 aliphatic carbocycles. The normalized spacial score (nSPS) is 16.3. The summed E-state index contributed by atoms with van der Waals surface area (Å²) >= 11 is 0. The molecular weight excluding hydrogens is 258 g/mol. The van der Waals surface area contributed by atoms with Crippen LogP contribution >= 0.6 is 0 Å². The fourth-order valence-electron chi connectivity index (χ4n) is 2.58. The lowest BCUT2D eigenvalue weighted by Gasteiger charge is -2.16. The molecule has 1 saturated carbocycles. The van der Waals surface area contributed by atoms with E-state index in [1.54, 1.807) is 0 Å². The Hall–Kier alpha value is -2.01. The molecule has 1 fully saturated rings. The Morgan fingerprint density at radius 3 is 2.24 bits per heavy atom. The summed E-state index contributed by atoms with van der Waals surface area (Å²) in [6.45, 7) is 10.2. The lowest BCUT2D eigenvalue weighted by atomic mass is 10.0.